The summed E-state index contributed by atoms with van der Waals surface area (Å²) in [5, 5.41) is 3.33. The minimum absolute atomic E-state index is 0.807. The van der Waals surface area contributed by atoms with E-state index in [4.69, 9.17) is 0 Å². The number of nitrogens with zero attached hydrogens (tertiary/aromatic N) is 4. The fraction of sp³-hybridized carbons (Fsp3) is 0.438. The molecule has 0 aliphatic carbocycles. The van der Waals surface area contributed by atoms with E-state index in [-0.39, 0.29) is 0 Å². The van der Waals surface area contributed by atoms with Crippen molar-refractivity contribution < 1.29 is 0 Å². The number of hydrogen-bond donors (Lipinski definition) is 1. The van der Waals surface area contributed by atoms with E-state index in [2.05, 4.69) is 46.1 Å². The maximum atomic E-state index is 4.50. The summed E-state index contributed by atoms with van der Waals surface area (Å²) in [5.41, 5.74) is 2.41. The molecular formula is C16H23N5. The Morgan fingerprint density at radius 3 is 2.57 bits per heavy atom. The molecule has 0 amide bonds. The monoisotopic (exact) mass is 285 g/mol. The van der Waals surface area contributed by atoms with Crippen LogP contribution in [0.4, 0.5) is 11.6 Å². The third kappa shape index (κ3) is 3.90. The van der Waals surface area contributed by atoms with Gasteiger partial charge in [-0.1, -0.05) is 13.3 Å². The minimum atomic E-state index is 0.807. The lowest BCUT2D eigenvalue weighted by molar-refractivity contribution is 0.841. The average molecular weight is 285 g/mol. The second-order valence-corrected chi connectivity index (χ2v) is 5.02. The number of nitrogens with one attached hydrogen (secondary N) is 1. The zero-order valence-corrected chi connectivity index (χ0v) is 13.0. The van der Waals surface area contributed by atoms with E-state index < -0.39 is 0 Å². The van der Waals surface area contributed by atoms with Gasteiger partial charge >= 0.3 is 0 Å². The van der Waals surface area contributed by atoms with Crippen molar-refractivity contribution in [3.63, 3.8) is 0 Å². The van der Waals surface area contributed by atoms with Crippen LogP contribution in [0.5, 0.6) is 0 Å². The molecule has 0 bridgehead atoms. The first-order chi connectivity index (χ1) is 10.3. The molecule has 2 heterocycles. The van der Waals surface area contributed by atoms with Crippen LogP contribution in [0.25, 0.3) is 0 Å². The third-order valence-corrected chi connectivity index (χ3v) is 3.30. The molecule has 112 valence electrons. The van der Waals surface area contributed by atoms with Crippen LogP contribution in [-0.4, -0.2) is 28.5 Å². The molecule has 0 spiro atoms. The fourth-order valence-electron chi connectivity index (χ4n) is 2.37. The van der Waals surface area contributed by atoms with Crippen molar-refractivity contribution in [3.8, 4) is 0 Å². The van der Waals surface area contributed by atoms with Crippen molar-refractivity contribution in [2.24, 2.45) is 0 Å². The number of anilines is 2. The van der Waals surface area contributed by atoms with E-state index in [9.17, 15) is 0 Å². The van der Waals surface area contributed by atoms with Crippen molar-refractivity contribution in [1.29, 1.82) is 0 Å². The van der Waals surface area contributed by atoms with E-state index in [0.717, 1.165) is 37.6 Å². The van der Waals surface area contributed by atoms with Crippen LogP contribution in [0.15, 0.2) is 30.9 Å². The Hall–Kier alpha value is -2.17. The van der Waals surface area contributed by atoms with Gasteiger partial charge in [-0.05, 0) is 31.0 Å². The number of hydrogen-bond acceptors (Lipinski definition) is 5. The van der Waals surface area contributed by atoms with E-state index >= 15 is 0 Å². The Morgan fingerprint density at radius 1 is 1.14 bits per heavy atom. The van der Waals surface area contributed by atoms with Crippen molar-refractivity contribution in [2.75, 3.05) is 23.8 Å². The van der Waals surface area contributed by atoms with Gasteiger partial charge in [-0.2, -0.15) is 0 Å². The SMILES string of the molecule is CCCc1c(NCC)ncnc1N(C)Cc1ccncc1. The van der Waals surface area contributed by atoms with Crippen molar-refractivity contribution in [3.05, 3.63) is 42.0 Å². The predicted octanol–water partition coefficient (Wildman–Crippen LogP) is 2.89. The van der Waals surface area contributed by atoms with Gasteiger partial charge in [-0.15, -0.1) is 0 Å². The van der Waals surface area contributed by atoms with E-state index in [1.165, 1.54) is 11.1 Å². The van der Waals surface area contributed by atoms with E-state index in [1.54, 1.807) is 6.33 Å². The van der Waals surface area contributed by atoms with Gasteiger partial charge in [-0.25, -0.2) is 9.97 Å². The maximum absolute atomic E-state index is 4.50. The summed E-state index contributed by atoms with van der Waals surface area (Å²) in [6, 6.07) is 4.06. The van der Waals surface area contributed by atoms with Gasteiger partial charge in [0.2, 0.25) is 0 Å². The summed E-state index contributed by atoms with van der Waals surface area (Å²) in [4.78, 5) is 15.1. The lowest BCUT2D eigenvalue weighted by Crippen LogP contribution is -2.21. The Kier molecular flexibility index (Phi) is 5.49. The van der Waals surface area contributed by atoms with Gasteiger partial charge < -0.3 is 10.2 Å². The molecule has 0 saturated heterocycles. The molecule has 21 heavy (non-hydrogen) atoms. The number of aromatic nitrogens is 3. The average Bonchev–Trinajstić information content (AvgIpc) is 2.50. The lowest BCUT2D eigenvalue weighted by Gasteiger charge is -2.22. The number of pyridine rings is 1. The van der Waals surface area contributed by atoms with Crippen LogP contribution in [0, 0.1) is 0 Å². The molecule has 1 N–H and O–H groups in total. The normalized spacial score (nSPS) is 10.4. The quantitative estimate of drug-likeness (QED) is 0.847. The zero-order valence-electron chi connectivity index (χ0n) is 13.0. The highest BCUT2D eigenvalue weighted by Gasteiger charge is 2.14. The van der Waals surface area contributed by atoms with Gasteiger partial charge in [0.25, 0.3) is 0 Å². The standard InChI is InChI=1S/C16H23N5/c1-4-6-14-15(18-5-2)19-12-20-16(14)21(3)11-13-7-9-17-10-8-13/h7-10,12H,4-6,11H2,1-3H3,(H,18,19,20). The molecular weight excluding hydrogens is 262 g/mol. The molecule has 0 fully saturated rings. The minimum Gasteiger partial charge on any atom is -0.370 e. The molecule has 5 nitrogen and oxygen atoms in total. The van der Waals surface area contributed by atoms with Crippen molar-refractivity contribution >= 4 is 11.6 Å². The summed E-state index contributed by atoms with van der Waals surface area (Å²) in [5.74, 6) is 1.95. The van der Waals surface area contributed by atoms with Crippen LogP contribution in [0.2, 0.25) is 0 Å². The Balaban J connectivity index is 2.26. The second kappa shape index (κ2) is 7.57. The zero-order chi connectivity index (χ0) is 15.1. The Bertz CT molecular complexity index is 556. The lowest BCUT2D eigenvalue weighted by atomic mass is 10.1. The molecule has 0 atom stereocenters. The smallest absolute Gasteiger partial charge is 0.137 e. The summed E-state index contributed by atoms with van der Waals surface area (Å²) in [6.07, 6.45) is 7.32. The van der Waals surface area contributed by atoms with Gasteiger partial charge in [-0.3, -0.25) is 4.98 Å². The van der Waals surface area contributed by atoms with Crippen LogP contribution < -0.4 is 10.2 Å². The van der Waals surface area contributed by atoms with E-state index in [1.807, 2.05) is 24.5 Å². The van der Waals surface area contributed by atoms with E-state index in [0.29, 0.717) is 0 Å². The summed E-state index contributed by atoms with van der Waals surface area (Å²) < 4.78 is 0. The van der Waals surface area contributed by atoms with Crippen molar-refractivity contribution in [1.82, 2.24) is 15.0 Å². The van der Waals surface area contributed by atoms with Gasteiger partial charge in [0.15, 0.2) is 0 Å². The Morgan fingerprint density at radius 2 is 1.90 bits per heavy atom. The molecule has 2 rings (SSSR count). The summed E-state index contributed by atoms with van der Waals surface area (Å²) in [6.45, 7) is 5.93. The van der Waals surface area contributed by atoms with Gasteiger partial charge in [0.05, 0.1) is 0 Å². The Labute approximate surface area is 126 Å². The molecule has 0 aliphatic rings. The molecule has 2 aromatic heterocycles. The van der Waals surface area contributed by atoms with Crippen LogP contribution in [0.3, 0.4) is 0 Å². The molecule has 5 heteroatoms. The van der Waals surface area contributed by atoms with Crippen LogP contribution >= 0.6 is 0 Å². The van der Waals surface area contributed by atoms with Gasteiger partial charge in [0.1, 0.15) is 18.0 Å². The molecule has 0 unspecified atom stereocenters. The van der Waals surface area contributed by atoms with Gasteiger partial charge in [0, 0.05) is 38.1 Å². The highest BCUT2D eigenvalue weighted by atomic mass is 15.2. The highest BCUT2D eigenvalue weighted by Crippen LogP contribution is 2.25. The first-order valence-electron chi connectivity index (χ1n) is 7.44. The molecule has 0 aliphatic heterocycles. The molecule has 0 saturated carbocycles. The third-order valence-electron chi connectivity index (χ3n) is 3.30. The topological polar surface area (TPSA) is 53.9 Å². The second-order valence-electron chi connectivity index (χ2n) is 5.02. The van der Waals surface area contributed by atoms with Crippen molar-refractivity contribution in [2.45, 2.75) is 33.2 Å². The molecule has 0 aromatic carbocycles. The molecule has 2 aromatic rings. The first kappa shape index (κ1) is 15.2. The molecule has 0 radical (unpaired) electrons. The predicted molar refractivity (Wildman–Crippen MR) is 86.5 cm³/mol. The number of rotatable bonds is 7. The van der Waals surface area contributed by atoms with Crippen LogP contribution in [-0.2, 0) is 13.0 Å². The fourth-order valence-corrected chi connectivity index (χ4v) is 2.37. The maximum Gasteiger partial charge on any atom is 0.137 e. The largest absolute Gasteiger partial charge is 0.370 e. The first-order valence-corrected chi connectivity index (χ1v) is 7.44. The summed E-state index contributed by atoms with van der Waals surface area (Å²) in [7, 11) is 2.07. The summed E-state index contributed by atoms with van der Waals surface area (Å²) >= 11 is 0. The van der Waals surface area contributed by atoms with Crippen LogP contribution in [0.1, 0.15) is 31.4 Å². The highest BCUT2D eigenvalue weighted by molar-refractivity contribution is 5.58.